The molecule has 5 nitrogen and oxygen atoms in total. The summed E-state index contributed by atoms with van der Waals surface area (Å²) in [6, 6.07) is 22.0. The van der Waals surface area contributed by atoms with Crippen molar-refractivity contribution in [2.45, 2.75) is 6.92 Å². The van der Waals surface area contributed by atoms with Gasteiger partial charge in [-0.1, -0.05) is 53.5 Å². The van der Waals surface area contributed by atoms with E-state index in [2.05, 4.69) is 15.4 Å². The molecule has 0 spiro atoms. The number of benzene rings is 3. The number of hydrogen-bond acceptors (Lipinski definition) is 3. The number of aromatic nitrogens is 3. The average Bonchev–Trinajstić information content (AvgIpc) is 3.14. The number of rotatable bonds is 4. The summed E-state index contributed by atoms with van der Waals surface area (Å²) in [4.78, 5) is 17.3. The molecule has 0 fully saturated rings. The van der Waals surface area contributed by atoms with Crippen molar-refractivity contribution in [3.05, 3.63) is 94.2 Å². The molecule has 1 heterocycles. The zero-order chi connectivity index (χ0) is 20.4. The maximum atomic E-state index is 12.8. The van der Waals surface area contributed by atoms with E-state index in [0.717, 1.165) is 16.8 Å². The van der Waals surface area contributed by atoms with E-state index in [0.29, 0.717) is 21.6 Å². The largest absolute Gasteiger partial charge is 0.319 e. The highest BCUT2D eigenvalue weighted by atomic mass is 35.5. The number of nitrogens with zero attached hydrogens (tertiary/aromatic N) is 3. The van der Waals surface area contributed by atoms with E-state index in [4.69, 9.17) is 23.2 Å². The first kappa shape index (κ1) is 19.2. The second-order valence-corrected chi connectivity index (χ2v) is 7.36. The summed E-state index contributed by atoms with van der Waals surface area (Å²) in [5.41, 5.74) is 3.20. The van der Waals surface area contributed by atoms with Crippen LogP contribution in [0.5, 0.6) is 0 Å². The molecule has 0 aliphatic carbocycles. The Morgan fingerprint density at radius 1 is 0.931 bits per heavy atom. The van der Waals surface area contributed by atoms with Crippen LogP contribution in [0.25, 0.3) is 17.1 Å². The molecule has 0 bridgehead atoms. The Balaban J connectivity index is 1.78. The van der Waals surface area contributed by atoms with Crippen molar-refractivity contribution in [1.29, 1.82) is 0 Å². The molecule has 144 valence electrons. The molecule has 0 aliphatic heterocycles. The van der Waals surface area contributed by atoms with Gasteiger partial charge in [0.05, 0.1) is 5.69 Å². The van der Waals surface area contributed by atoms with E-state index >= 15 is 0 Å². The molecule has 0 atom stereocenters. The highest BCUT2D eigenvalue weighted by Gasteiger charge is 2.19. The number of carbonyl (C=O) groups is 1. The van der Waals surface area contributed by atoms with Crippen molar-refractivity contribution in [2.24, 2.45) is 0 Å². The molecule has 1 N–H and O–H groups in total. The lowest BCUT2D eigenvalue weighted by Gasteiger charge is -2.07. The van der Waals surface area contributed by atoms with E-state index in [-0.39, 0.29) is 5.82 Å². The van der Waals surface area contributed by atoms with Crippen molar-refractivity contribution in [2.75, 3.05) is 5.32 Å². The summed E-state index contributed by atoms with van der Waals surface area (Å²) >= 11 is 12.2. The molecule has 0 saturated heterocycles. The predicted molar refractivity (Wildman–Crippen MR) is 116 cm³/mol. The van der Waals surface area contributed by atoms with Crippen LogP contribution in [0, 0.1) is 6.92 Å². The first-order valence-electron chi connectivity index (χ1n) is 8.86. The molecule has 0 aliphatic rings. The topological polar surface area (TPSA) is 59.8 Å². The van der Waals surface area contributed by atoms with Crippen LogP contribution in [0.15, 0.2) is 72.8 Å². The maximum Gasteiger partial charge on any atom is 0.295 e. The lowest BCUT2D eigenvalue weighted by atomic mass is 10.2. The molecule has 0 radical (unpaired) electrons. The summed E-state index contributed by atoms with van der Waals surface area (Å²) in [7, 11) is 0. The Morgan fingerprint density at radius 3 is 2.38 bits per heavy atom. The second-order valence-electron chi connectivity index (χ2n) is 6.48. The van der Waals surface area contributed by atoms with Crippen LogP contribution < -0.4 is 5.32 Å². The number of amides is 1. The number of halogens is 2. The molecule has 4 aromatic rings. The summed E-state index contributed by atoms with van der Waals surface area (Å²) in [5, 5.41) is 8.34. The molecule has 0 unspecified atom stereocenters. The van der Waals surface area contributed by atoms with Gasteiger partial charge >= 0.3 is 0 Å². The van der Waals surface area contributed by atoms with Gasteiger partial charge in [0.25, 0.3) is 5.91 Å². The fourth-order valence-electron chi connectivity index (χ4n) is 2.92. The number of carbonyl (C=O) groups excluding carboxylic acids is 1. The van der Waals surface area contributed by atoms with Crippen LogP contribution in [0.2, 0.25) is 10.0 Å². The lowest BCUT2D eigenvalue weighted by Crippen LogP contribution is -2.14. The Bertz CT molecular complexity index is 1140. The van der Waals surface area contributed by atoms with Gasteiger partial charge in [-0.3, -0.25) is 4.79 Å². The SMILES string of the molecule is Cc1cccc(-n2nc(C(=O)Nc3cccc(Cl)c3)nc2-c2cccc(Cl)c2)c1. The third kappa shape index (κ3) is 4.31. The first-order valence-corrected chi connectivity index (χ1v) is 9.62. The van der Waals surface area contributed by atoms with Crippen molar-refractivity contribution in [3.63, 3.8) is 0 Å². The van der Waals surface area contributed by atoms with Crippen LogP contribution in [0.1, 0.15) is 16.2 Å². The molecule has 1 amide bonds. The summed E-state index contributed by atoms with van der Waals surface area (Å²) < 4.78 is 1.64. The van der Waals surface area contributed by atoms with Gasteiger partial charge in [0.1, 0.15) is 0 Å². The molecule has 7 heteroatoms. The number of hydrogen-bond donors (Lipinski definition) is 1. The smallest absolute Gasteiger partial charge is 0.295 e. The van der Waals surface area contributed by atoms with Gasteiger partial charge in [-0.25, -0.2) is 9.67 Å². The minimum atomic E-state index is -0.429. The molecular weight excluding hydrogens is 407 g/mol. The molecule has 1 aromatic heterocycles. The van der Waals surface area contributed by atoms with Crippen molar-refractivity contribution in [3.8, 4) is 17.1 Å². The number of aryl methyl sites for hydroxylation is 1. The molecule has 4 rings (SSSR count). The van der Waals surface area contributed by atoms with Crippen LogP contribution in [-0.4, -0.2) is 20.7 Å². The highest BCUT2D eigenvalue weighted by molar-refractivity contribution is 6.31. The van der Waals surface area contributed by atoms with Gasteiger partial charge in [0, 0.05) is 21.3 Å². The van der Waals surface area contributed by atoms with Crippen LogP contribution in [0.4, 0.5) is 5.69 Å². The Hall–Kier alpha value is -3.15. The lowest BCUT2D eigenvalue weighted by molar-refractivity contribution is 0.101. The quantitative estimate of drug-likeness (QED) is 0.451. The number of nitrogens with one attached hydrogen (secondary N) is 1. The van der Waals surface area contributed by atoms with E-state index in [9.17, 15) is 4.79 Å². The molecule has 29 heavy (non-hydrogen) atoms. The van der Waals surface area contributed by atoms with Crippen LogP contribution >= 0.6 is 23.2 Å². The van der Waals surface area contributed by atoms with Gasteiger partial charge in [-0.2, -0.15) is 0 Å². The van der Waals surface area contributed by atoms with Crippen LogP contribution in [0.3, 0.4) is 0 Å². The zero-order valence-corrected chi connectivity index (χ0v) is 16.9. The Kier molecular flexibility index (Phi) is 5.34. The fourth-order valence-corrected chi connectivity index (χ4v) is 3.30. The Morgan fingerprint density at radius 2 is 1.66 bits per heavy atom. The molecular formula is C22H16Cl2N4O. The minimum absolute atomic E-state index is 0.0430. The predicted octanol–water partition coefficient (Wildman–Crippen LogP) is 5.80. The van der Waals surface area contributed by atoms with Gasteiger partial charge < -0.3 is 5.32 Å². The molecule has 0 saturated carbocycles. The first-order chi connectivity index (χ1) is 14.0. The fraction of sp³-hybridized carbons (Fsp3) is 0.0455. The number of anilines is 1. The van der Waals surface area contributed by atoms with Crippen molar-refractivity contribution in [1.82, 2.24) is 14.8 Å². The van der Waals surface area contributed by atoms with Crippen molar-refractivity contribution < 1.29 is 4.79 Å². The van der Waals surface area contributed by atoms with Gasteiger partial charge in [-0.05, 0) is 55.0 Å². The zero-order valence-electron chi connectivity index (χ0n) is 15.4. The maximum absolute atomic E-state index is 12.8. The van der Waals surface area contributed by atoms with Crippen molar-refractivity contribution >= 4 is 34.8 Å². The summed E-state index contributed by atoms with van der Waals surface area (Å²) in [6.45, 7) is 1.99. The standard InChI is InChI=1S/C22H16Cl2N4O/c1-14-5-2-10-19(11-14)28-21(15-6-3-7-16(23)12-15)26-20(27-28)22(29)25-18-9-4-8-17(24)13-18/h2-13H,1H3,(H,25,29). The summed E-state index contributed by atoms with van der Waals surface area (Å²) in [6.07, 6.45) is 0. The van der Waals surface area contributed by atoms with Gasteiger partial charge in [0.2, 0.25) is 5.82 Å². The van der Waals surface area contributed by atoms with Gasteiger partial charge in [-0.15, -0.1) is 5.10 Å². The summed E-state index contributed by atoms with van der Waals surface area (Å²) in [5.74, 6) is 0.137. The van der Waals surface area contributed by atoms with E-state index in [1.54, 1.807) is 41.1 Å². The van der Waals surface area contributed by atoms with E-state index < -0.39 is 5.91 Å². The average molecular weight is 423 g/mol. The minimum Gasteiger partial charge on any atom is -0.319 e. The highest BCUT2D eigenvalue weighted by Crippen LogP contribution is 2.25. The van der Waals surface area contributed by atoms with Gasteiger partial charge in [0.15, 0.2) is 5.82 Å². The third-order valence-electron chi connectivity index (χ3n) is 4.22. The van der Waals surface area contributed by atoms with Crippen LogP contribution in [-0.2, 0) is 0 Å². The normalized spacial score (nSPS) is 10.7. The third-order valence-corrected chi connectivity index (χ3v) is 4.69. The van der Waals surface area contributed by atoms with E-state index in [1.165, 1.54) is 0 Å². The molecule has 3 aromatic carbocycles. The second kappa shape index (κ2) is 8.07. The Labute approximate surface area is 177 Å². The van der Waals surface area contributed by atoms with E-state index in [1.807, 2.05) is 43.3 Å². The monoisotopic (exact) mass is 422 g/mol.